The van der Waals surface area contributed by atoms with Crippen molar-refractivity contribution in [1.29, 1.82) is 0 Å². The second-order valence-corrected chi connectivity index (χ2v) is 5.87. The van der Waals surface area contributed by atoms with Crippen LogP contribution in [-0.2, 0) is 5.88 Å². The summed E-state index contributed by atoms with van der Waals surface area (Å²) in [5, 5.41) is 0. The van der Waals surface area contributed by atoms with Crippen LogP contribution in [0.4, 0.5) is 0 Å². The maximum absolute atomic E-state index is 5.89. The van der Waals surface area contributed by atoms with Crippen molar-refractivity contribution in [2.75, 3.05) is 0 Å². The molecule has 4 heteroatoms. The van der Waals surface area contributed by atoms with E-state index in [2.05, 4.69) is 38.5 Å². The summed E-state index contributed by atoms with van der Waals surface area (Å²) in [5.41, 5.74) is 0.980. The van der Waals surface area contributed by atoms with Gasteiger partial charge in [0.2, 0.25) is 0 Å². The number of ether oxygens (including phenoxy) is 1. The predicted octanol–water partition coefficient (Wildman–Crippen LogP) is 5.58. The lowest BCUT2D eigenvalue weighted by atomic mass is 10.2. The zero-order chi connectivity index (χ0) is 12.3. The fraction of sp³-hybridized carbons (Fsp3) is 0.0769. The number of halogens is 3. The van der Waals surface area contributed by atoms with E-state index in [1.54, 1.807) is 0 Å². The third-order valence-electron chi connectivity index (χ3n) is 2.20. The lowest BCUT2D eigenvalue weighted by Crippen LogP contribution is -1.90. The Labute approximate surface area is 127 Å². The molecule has 2 aromatic carbocycles. The van der Waals surface area contributed by atoms with Gasteiger partial charge in [-0.3, -0.25) is 0 Å². The summed E-state index contributed by atoms with van der Waals surface area (Å²) >= 11 is 11.6. The molecule has 0 bridgehead atoms. The van der Waals surface area contributed by atoms with E-state index in [9.17, 15) is 0 Å². The molecular weight excluding hydrogens is 414 g/mol. The second-order valence-electron chi connectivity index (χ2n) is 3.45. The summed E-state index contributed by atoms with van der Waals surface area (Å²) in [7, 11) is 0. The predicted molar refractivity (Wildman–Crippen MR) is 82.9 cm³/mol. The molecule has 0 saturated carbocycles. The highest BCUT2D eigenvalue weighted by atomic mass is 127. The Morgan fingerprint density at radius 2 is 2.00 bits per heavy atom. The Hall–Kier alpha value is -0.260. The largest absolute Gasteiger partial charge is 0.457 e. The van der Waals surface area contributed by atoms with E-state index in [4.69, 9.17) is 16.3 Å². The van der Waals surface area contributed by atoms with Gasteiger partial charge in [-0.2, -0.15) is 0 Å². The Morgan fingerprint density at radius 1 is 1.18 bits per heavy atom. The molecule has 0 unspecified atom stereocenters. The van der Waals surface area contributed by atoms with Crippen molar-refractivity contribution in [3.05, 3.63) is 56.1 Å². The smallest absolute Gasteiger partial charge is 0.132 e. The van der Waals surface area contributed by atoms with Gasteiger partial charge in [-0.1, -0.05) is 28.1 Å². The van der Waals surface area contributed by atoms with Gasteiger partial charge in [-0.05, 0) is 52.9 Å². The number of benzene rings is 2. The summed E-state index contributed by atoms with van der Waals surface area (Å²) in [5.74, 6) is 2.05. The highest BCUT2D eigenvalue weighted by Gasteiger charge is 2.05. The van der Waals surface area contributed by atoms with Gasteiger partial charge in [0.25, 0.3) is 0 Å². The van der Waals surface area contributed by atoms with Gasteiger partial charge in [-0.25, -0.2) is 0 Å². The Kier molecular flexibility index (Phi) is 4.70. The minimum atomic E-state index is 0.437. The highest BCUT2D eigenvalue weighted by molar-refractivity contribution is 14.1. The number of hydrogen-bond donors (Lipinski definition) is 0. The average molecular weight is 423 g/mol. The lowest BCUT2D eigenvalue weighted by Gasteiger charge is -2.10. The first-order chi connectivity index (χ1) is 8.19. The van der Waals surface area contributed by atoms with Crippen molar-refractivity contribution in [2.24, 2.45) is 0 Å². The third kappa shape index (κ3) is 3.60. The molecule has 0 amide bonds. The van der Waals surface area contributed by atoms with Gasteiger partial charge in [0.15, 0.2) is 0 Å². The molecule has 0 aliphatic rings. The van der Waals surface area contributed by atoms with Crippen LogP contribution in [0.5, 0.6) is 11.5 Å². The maximum atomic E-state index is 5.89. The summed E-state index contributed by atoms with van der Waals surface area (Å²) < 4.78 is 7.96. The third-order valence-corrected chi connectivity index (χ3v) is 3.65. The van der Waals surface area contributed by atoms with E-state index >= 15 is 0 Å². The number of alkyl halides is 1. The first-order valence-corrected chi connectivity index (χ1v) is 7.37. The van der Waals surface area contributed by atoms with E-state index in [0.29, 0.717) is 5.88 Å². The van der Waals surface area contributed by atoms with Crippen LogP contribution in [0.15, 0.2) is 46.9 Å². The van der Waals surface area contributed by atoms with E-state index < -0.39 is 0 Å². The molecule has 0 N–H and O–H groups in total. The quantitative estimate of drug-likeness (QED) is 0.462. The normalized spacial score (nSPS) is 10.3. The number of hydrogen-bond acceptors (Lipinski definition) is 1. The topological polar surface area (TPSA) is 9.23 Å². The van der Waals surface area contributed by atoms with Crippen LogP contribution < -0.4 is 4.74 Å². The monoisotopic (exact) mass is 422 g/mol. The van der Waals surface area contributed by atoms with Gasteiger partial charge in [0.1, 0.15) is 11.5 Å². The molecule has 1 nitrogen and oxygen atoms in total. The Bertz CT molecular complexity index is 531. The van der Waals surface area contributed by atoms with Crippen LogP contribution in [0.1, 0.15) is 5.56 Å². The van der Waals surface area contributed by atoms with Crippen LogP contribution in [-0.4, -0.2) is 0 Å². The molecule has 2 rings (SSSR count). The molecule has 17 heavy (non-hydrogen) atoms. The van der Waals surface area contributed by atoms with Crippen molar-refractivity contribution in [3.8, 4) is 11.5 Å². The lowest BCUT2D eigenvalue weighted by molar-refractivity contribution is 0.477. The zero-order valence-corrected chi connectivity index (χ0v) is 13.3. The van der Waals surface area contributed by atoms with Crippen LogP contribution in [0.3, 0.4) is 0 Å². The van der Waals surface area contributed by atoms with Crippen molar-refractivity contribution in [1.82, 2.24) is 0 Å². The average Bonchev–Trinajstić information content (AvgIpc) is 2.29. The Balaban J connectivity index is 2.32. The molecule has 0 spiro atoms. The fourth-order valence-corrected chi connectivity index (χ4v) is 2.47. The standard InChI is InChI=1S/C13H9BrClIO/c14-10-5-4-9(8-15)13(6-10)17-12-3-1-2-11(16)7-12/h1-7H,8H2. The number of rotatable bonds is 3. The molecule has 0 heterocycles. The van der Waals surface area contributed by atoms with E-state index in [1.165, 1.54) is 0 Å². The summed E-state index contributed by atoms with van der Waals surface area (Å²) in [6, 6.07) is 13.8. The van der Waals surface area contributed by atoms with Gasteiger partial charge < -0.3 is 4.74 Å². The van der Waals surface area contributed by atoms with Gasteiger partial charge >= 0.3 is 0 Å². The van der Waals surface area contributed by atoms with Crippen LogP contribution in [0.25, 0.3) is 0 Å². The van der Waals surface area contributed by atoms with Crippen molar-refractivity contribution in [2.45, 2.75) is 5.88 Å². The Morgan fingerprint density at radius 3 is 2.71 bits per heavy atom. The molecule has 0 radical (unpaired) electrons. The first-order valence-electron chi connectivity index (χ1n) is 4.97. The second kappa shape index (κ2) is 6.07. The summed E-state index contributed by atoms with van der Waals surface area (Å²) in [6.07, 6.45) is 0. The summed E-state index contributed by atoms with van der Waals surface area (Å²) in [6.45, 7) is 0. The van der Waals surface area contributed by atoms with E-state index in [-0.39, 0.29) is 0 Å². The molecule has 0 fully saturated rings. The SMILES string of the molecule is ClCc1ccc(Br)cc1Oc1cccc(I)c1. The molecule has 0 aliphatic carbocycles. The maximum Gasteiger partial charge on any atom is 0.132 e. The van der Waals surface area contributed by atoms with Crippen molar-refractivity contribution < 1.29 is 4.74 Å². The first kappa shape index (κ1) is 13.2. The van der Waals surface area contributed by atoms with Crippen LogP contribution >= 0.6 is 50.1 Å². The minimum absolute atomic E-state index is 0.437. The molecule has 0 aliphatic heterocycles. The molecule has 0 atom stereocenters. The molecule has 0 aromatic heterocycles. The van der Waals surface area contributed by atoms with Crippen LogP contribution in [0.2, 0.25) is 0 Å². The minimum Gasteiger partial charge on any atom is -0.457 e. The van der Waals surface area contributed by atoms with E-state index in [1.807, 2.05) is 42.5 Å². The molecule has 88 valence electrons. The van der Waals surface area contributed by atoms with Gasteiger partial charge in [0, 0.05) is 13.6 Å². The van der Waals surface area contributed by atoms with Gasteiger partial charge in [0.05, 0.1) is 5.88 Å². The van der Waals surface area contributed by atoms with Crippen molar-refractivity contribution in [3.63, 3.8) is 0 Å². The molecular formula is C13H9BrClIO. The van der Waals surface area contributed by atoms with E-state index in [0.717, 1.165) is 25.1 Å². The highest BCUT2D eigenvalue weighted by Crippen LogP contribution is 2.30. The van der Waals surface area contributed by atoms with Crippen LogP contribution in [0, 0.1) is 3.57 Å². The summed E-state index contributed by atoms with van der Waals surface area (Å²) in [4.78, 5) is 0. The van der Waals surface area contributed by atoms with Crippen molar-refractivity contribution >= 4 is 50.1 Å². The van der Waals surface area contributed by atoms with Gasteiger partial charge in [-0.15, -0.1) is 11.6 Å². The zero-order valence-electron chi connectivity index (χ0n) is 8.79. The fourth-order valence-electron chi connectivity index (χ4n) is 1.39. The molecule has 2 aromatic rings. The molecule has 0 saturated heterocycles.